The minimum atomic E-state index is -4.80. The summed E-state index contributed by atoms with van der Waals surface area (Å²) in [6.07, 6.45) is -3.94. The monoisotopic (exact) mass is 473 g/mol. The second-order valence-electron chi connectivity index (χ2n) is 8.75. The van der Waals surface area contributed by atoms with Gasteiger partial charge in [-0.05, 0) is 50.2 Å². The van der Waals surface area contributed by atoms with Crippen LogP contribution in [0.4, 0.5) is 22.0 Å². The van der Waals surface area contributed by atoms with Gasteiger partial charge in [0.2, 0.25) is 5.92 Å². The number of fused-ring (bicyclic) bond motifs is 1. The smallest absolute Gasteiger partial charge is 0.381 e. The molecule has 33 heavy (non-hydrogen) atoms. The number of imidazole rings is 1. The van der Waals surface area contributed by atoms with Gasteiger partial charge in [0.1, 0.15) is 5.65 Å². The Bertz CT molecular complexity index is 1030. The molecule has 6 nitrogen and oxygen atoms in total. The quantitative estimate of drug-likeness (QED) is 0.515. The normalized spacial score (nSPS) is 20.2. The fraction of sp³-hybridized carbons (Fsp3) is 0.591. The Balaban J connectivity index is 1.69. The number of rotatable bonds is 5. The molecule has 2 fully saturated rings. The second-order valence-corrected chi connectivity index (χ2v) is 8.75. The molecule has 1 amide bonds. The molecule has 2 aromatic rings. The first-order valence-electron chi connectivity index (χ1n) is 10.9. The molecule has 1 saturated carbocycles. The average molecular weight is 473 g/mol. The predicted molar refractivity (Wildman–Crippen MR) is 107 cm³/mol. The van der Waals surface area contributed by atoms with Crippen molar-refractivity contribution in [1.82, 2.24) is 14.7 Å². The van der Waals surface area contributed by atoms with E-state index in [1.807, 2.05) is 0 Å². The number of hydrogen-bond donors (Lipinski definition) is 1. The number of nitrogens with zero attached hydrogens (tertiary/aromatic N) is 2. The molecule has 1 saturated heterocycles. The summed E-state index contributed by atoms with van der Waals surface area (Å²) in [6.45, 7) is 0.991. The van der Waals surface area contributed by atoms with Gasteiger partial charge in [0.15, 0.2) is 12.0 Å². The van der Waals surface area contributed by atoms with Crippen LogP contribution in [0.15, 0.2) is 12.1 Å². The van der Waals surface area contributed by atoms with Gasteiger partial charge in [-0.2, -0.15) is 13.2 Å². The van der Waals surface area contributed by atoms with Crippen molar-refractivity contribution in [3.05, 3.63) is 34.8 Å². The molecular formula is C22H24F5N3O3. The molecule has 1 N–H and O–H groups in total. The van der Waals surface area contributed by atoms with Crippen molar-refractivity contribution in [2.24, 2.45) is 5.92 Å². The number of carbonyl (C=O) groups is 2. The SMILES string of the molecule is O=Cc1cc(C(=O)NC2CCOCC2)cc2nc(C(F)(F)F)c(CC3CCC(F)(F)CC3)n12. The number of amides is 1. The summed E-state index contributed by atoms with van der Waals surface area (Å²) in [5.74, 6) is -3.70. The van der Waals surface area contributed by atoms with Gasteiger partial charge in [-0.3, -0.25) is 14.0 Å². The standard InChI is InChI=1S/C22H24F5N3O3/c23-21(24)5-1-13(2-6-21)9-17-19(22(25,26)27)29-18-11-14(10-16(12-31)30(17)18)20(32)28-15-3-7-33-8-4-15/h10-13,15H,1-9H2,(H,28,32). The van der Waals surface area contributed by atoms with Crippen molar-refractivity contribution in [3.8, 4) is 0 Å². The highest BCUT2D eigenvalue weighted by atomic mass is 19.4. The fourth-order valence-electron chi connectivity index (χ4n) is 4.58. The summed E-state index contributed by atoms with van der Waals surface area (Å²) in [6, 6.07) is 2.32. The number of carbonyl (C=O) groups excluding carboxylic acids is 2. The lowest BCUT2D eigenvalue weighted by Crippen LogP contribution is -2.39. The molecule has 4 rings (SSSR count). The number of ether oxygens (including phenoxy) is 1. The number of aromatic nitrogens is 2. The van der Waals surface area contributed by atoms with Crippen LogP contribution in [-0.2, 0) is 17.3 Å². The Hall–Kier alpha value is -2.56. The number of halogens is 5. The number of pyridine rings is 1. The Morgan fingerprint density at radius 1 is 1.18 bits per heavy atom. The predicted octanol–water partition coefficient (Wildman–Crippen LogP) is 4.44. The van der Waals surface area contributed by atoms with Crippen molar-refractivity contribution < 1.29 is 36.3 Å². The summed E-state index contributed by atoms with van der Waals surface area (Å²) >= 11 is 0. The van der Waals surface area contributed by atoms with Crippen LogP contribution in [0.5, 0.6) is 0 Å². The Morgan fingerprint density at radius 3 is 2.45 bits per heavy atom. The lowest BCUT2D eigenvalue weighted by atomic mass is 9.83. The van der Waals surface area contributed by atoms with E-state index in [9.17, 15) is 31.5 Å². The molecule has 0 atom stereocenters. The van der Waals surface area contributed by atoms with E-state index in [0.717, 1.165) is 4.40 Å². The molecule has 2 aliphatic rings. The zero-order chi connectivity index (χ0) is 23.8. The molecule has 0 bridgehead atoms. The summed E-state index contributed by atoms with van der Waals surface area (Å²) < 4.78 is 74.7. The van der Waals surface area contributed by atoms with Gasteiger partial charge in [0.25, 0.3) is 5.91 Å². The number of aldehydes is 1. The number of alkyl halides is 5. The van der Waals surface area contributed by atoms with Gasteiger partial charge in [-0.15, -0.1) is 0 Å². The highest BCUT2D eigenvalue weighted by molar-refractivity contribution is 5.97. The van der Waals surface area contributed by atoms with Crippen molar-refractivity contribution in [3.63, 3.8) is 0 Å². The Labute approximate surface area is 186 Å². The van der Waals surface area contributed by atoms with Crippen LogP contribution >= 0.6 is 0 Å². The lowest BCUT2D eigenvalue weighted by molar-refractivity contribution is -0.141. The van der Waals surface area contributed by atoms with E-state index in [2.05, 4.69) is 10.3 Å². The first kappa shape index (κ1) is 23.6. The molecule has 180 valence electrons. The third-order valence-electron chi connectivity index (χ3n) is 6.37. The maximum atomic E-state index is 13.8. The van der Waals surface area contributed by atoms with E-state index < -0.39 is 23.7 Å². The molecular weight excluding hydrogens is 449 g/mol. The molecule has 0 unspecified atom stereocenters. The van der Waals surface area contributed by atoms with Crippen LogP contribution < -0.4 is 5.32 Å². The minimum absolute atomic E-state index is 0.0266. The van der Waals surface area contributed by atoms with Crippen molar-refractivity contribution in [2.45, 2.75) is 63.1 Å². The van der Waals surface area contributed by atoms with Gasteiger partial charge in [0.05, 0.1) is 11.4 Å². The molecule has 2 aromatic heterocycles. The van der Waals surface area contributed by atoms with E-state index >= 15 is 0 Å². The van der Waals surface area contributed by atoms with Crippen LogP contribution in [0.3, 0.4) is 0 Å². The highest BCUT2D eigenvalue weighted by Crippen LogP contribution is 2.40. The lowest BCUT2D eigenvalue weighted by Gasteiger charge is -2.28. The largest absolute Gasteiger partial charge is 0.435 e. The topological polar surface area (TPSA) is 72.7 Å². The first-order chi connectivity index (χ1) is 15.6. The van der Waals surface area contributed by atoms with Crippen LogP contribution in [0, 0.1) is 5.92 Å². The van der Waals surface area contributed by atoms with E-state index in [1.54, 1.807) is 0 Å². The summed E-state index contributed by atoms with van der Waals surface area (Å²) in [5, 5.41) is 2.81. The summed E-state index contributed by atoms with van der Waals surface area (Å²) in [4.78, 5) is 28.2. The molecule has 1 aliphatic carbocycles. The average Bonchev–Trinajstić information content (AvgIpc) is 3.14. The van der Waals surface area contributed by atoms with Gasteiger partial charge >= 0.3 is 6.18 Å². The van der Waals surface area contributed by atoms with Crippen molar-refractivity contribution in [1.29, 1.82) is 0 Å². The third-order valence-corrected chi connectivity index (χ3v) is 6.37. The molecule has 11 heteroatoms. The van der Waals surface area contributed by atoms with Gasteiger partial charge in [-0.1, -0.05) is 0 Å². The molecule has 1 aliphatic heterocycles. The fourth-order valence-corrected chi connectivity index (χ4v) is 4.58. The van der Waals surface area contributed by atoms with Crippen molar-refractivity contribution in [2.75, 3.05) is 13.2 Å². The molecule has 0 aromatic carbocycles. The second kappa shape index (κ2) is 9.00. The molecule has 0 radical (unpaired) electrons. The highest BCUT2D eigenvalue weighted by Gasteiger charge is 2.41. The summed E-state index contributed by atoms with van der Waals surface area (Å²) in [7, 11) is 0. The zero-order valence-corrected chi connectivity index (χ0v) is 17.8. The van der Waals surface area contributed by atoms with Crippen LogP contribution in [-0.4, -0.2) is 46.8 Å². The zero-order valence-electron chi connectivity index (χ0n) is 17.8. The van der Waals surface area contributed by atoms with Crippen LogP contribution in [0.2, 0.25) is 0 Å². The van der Waals surface area contributed by atoms with E-state index in [4.69, 9.17) is 4.74 Å². The minimum Gasteiger partial charge on any atom is -0.381 e. The first-order valence-corrected chi connectivity index (χ1v) is 10.9. The van der Waals surface area contributed by atoms with Crippen molar-refractivity contribution >= 4 is 17.8 Å². The van der Waals surface area contributed by atoms with Gasteiger partial charge < -0.3 is 10.1 Å². The van der Waals surface area contributed by atoms with E-state index in [0.29, 0.717) is 32.3 Å². The third kappa shape index (κ3) is 5.18. The number of nitrogens with one attached hydrogen (secondary N) is 1. The van der Waals surface area contributed by atoms with E-state index in [1.165, 1.54) is 12.1 Å². The molecule has 0 spiro atoms. The van der Waals surface area contributed by atoms with E-state index in [-0.39, 0.29) is 66.7 Å². The van der Waals surface area contributed by atoms with Crippen LogP contribution in [0.1, 0.15) is 70.8 Å². The maximum Gasteiger partial charge on any atom is 0.435 e. The van der Waals surface area contributed by atoms with Crippen LogP contribution in [0.25, 0.3) is 5.65 Å². The Morgan fingerprint density at radius 2 is 1.85 bits per heavy atom. The Kier molecular flexibility index (Phi) is 6.43. The maximum absolute atomic E-state index is 13.8. The number of hydrogen-bond acceptors (Lipinski definition) is 4. The van der Waals surface area contributed by atoms with Gasteiger partial charge in [0, 0.05) is 37.7 Å². The summed E-state index contributed by atoms with van der Waals surface area (Å²) in [5.41, 5.74) is -1.71. The van der Waals surface area contributed by atoms with Gasteiger partial charge in [-0.25, -0.2) is 13.8 Å². The molecule has 3 heterocycles.